The van der Waals surface area contributed by atoms with E-state index in [1.165, 1.54) is 0 Å². The number of nitrogens with one attached hydrogen (secondary N) is 1. The van der Waals surface area contributed by atoms with Gasteiger partial charge in [0.15, 0.2) is 0 Å². The highest BCUT2D eigenvalue weighted by Gasteiger charge is 2.28. The van der Waals surface area contributed by atoms with Crippen molar-refractivity contribution < 1.29 is 9.53 Å². The summed E-state index contributed by atoms with van der Waals surface area (Å²) >= 11 is 0. The minimum Gasteiger partial charge on any atom is -0.383 e. The summed E-state index contributed by atoms with van der Waals surface area (Å²) < 4.78 is 5.08. The molecule has 0 bridgehead atoms. The predicted octanol–water partition coefficient (Wildman–Crippen LogP) is 0.868. The second kappa shape index (κ2) is 6.21. The fourth-order valence-corrected chi connectivity index (χ4v) is 2.21. The standard InChI is InChI=1S/C12H24N2O2/c1-9-7-11(5-6-13-9)12(15)14(3)10(2)8-16-4/h9-11,13H,5-8H2,1-4H3. The topological polar surface area (TPSA) is 41.6 Å². The Balaban J connectivity index is 2.48. The molecule has 1 aliphatic heterocycles. The van der Waals surface area contributed by atoms with Gasteiger partial charge in [0.1, 0.15) is 0 Å². The van der Waals surface area contributed by atoms with E-state index in [0.717, 1.165) is 19.4 Å². The van der Waals surface area contributed by atoms with Gasteiger partial charge in [-0.15, -0.1) is 0 Å². The van der Waals surface area contributed by atoms with E-state index in [-0.39, 0.29) is 17.9 Å². The van der Waals surface area contributed by atoms with Crippen molar-refractivity contribution >= 4 is 5.91 Å². The van der Waals surface area contributed by atoms with Crippen molar-refractivity contribution in [3.8, 4) is 0 Å². The van der Waals surface area contributed by atoms with Crippen molar-refractivity contribution in [2.45, 2.75) is 38.8 Å². The normalized spacial score (nSPS) is 27.5. The van der Waals surface area contributed by atoms with E-state index in [1.54, 1.807) is 7.11 Å². The van der Waals surface area contributed by atoms with Crippen LogP contribution in [0.15, 0.2) is 0 Å². The first-order valence-corrected chi connectivity index (χ1v) is 6.05. The van der Waals surface area contributed by atoms with Crippen LogP contribution in [0.4, 0.5) is 0 Å². The van der Waals surface area contributed by atoms with Crippen molar-refractivity contribution in [2.24, 2.45) is 5.92 Å². The molecule has 0 radical (unpaired) electrons. The summed E-state index contributed by atoms with van der Waals surface area (Å²) in [5.74, 6) is 0.443. The van der Waals surface area contributed by atoms with Crippen LogP contribution in [0.2, 0.25) is 0 Å². The number of methoxy groups -OCH3 is 1. The van der Waals surface area contributed by atoms with E-state index in [0.29, 0.717) is 12.6 Å². The molecule has 3 unspecified atom stereocenters. The van der Waals surface area contributed by atoms with Crippen molar-refractivity contribution in [3.63, 3.8) is 0 Å². The third-order valence-electron chi connectivity index (χ3n) is 3.39. The van der Waals surface area contributed by atoms with Gasteiger partial charge in [0.25, 0.3) is 0 Å². The van der Waals surface area contributed by atoms with Gasteiger partial charge in [-0.25, -0.2) is 0 Å². The van der Waals surface area contributed by atoms with Crippen molar-refractivity contribution in [1.29, 1.82) is 0 Å². The summed E-state index contributed by atoms with van der Waals surface area (Å²) in [6.07, 6.45) is 1.90. The number of carbonyl (C=O) groups excluding carboxylic acids is 1. The second-order valence-corrected chi connectivity index (χ2v) is 4.83. The lowest BCUT2D eigenvalue weighted by molar-refractivity contribution is -0.138. The van der Waals surface area contributed by atoms with Crippen LogP contribution in [0.5, 0.6) is 0 Å². The fourth-order valence-electron chi connectivity index (χ4n) is 2.21. The summed E-state index contributed by atoms with van der Waals surface area (Å²) in [5.41, 5.74) is 0. The van der Waals surface area contributed by atoms with E-state index in [9.17, 15) is 4.79 Å². The van der Waals surface area contributed by atoms with Gasteiger partial charge in [-0.05, 0) is 33.2 Å². The number of hydrogen-bond acceptors (Lipinski definition) is 3. The van der Waals surface area contributed by atoms with Crippen LogP contribution in [0.1, 0.15) is 26.7 Å². The average molecular weight is 228 g/mol. The SMILES string of the molecule is COCC(C)N(C)C(=O)C1CCNC(C)C1. The Morgan fingerprint density at radius 2 is 2.31 bits per heavy atom. The van der Waals surface area contributed by atoms with E-state index in [4.69, 9.17) is 4.74 Å². The molecule has 0 saturated carbocycles. The Morgan fingerprint density at radius 3 is 2.88 bits per heavy atom. The van der Waals surface area contributed by atoms with Gasteiger partial charge < -0.3 is 15.0 Å². The Hall–Kier alpha value is -0.610. The molecule has 4 heteroatoms. The Morgan fingerprint density at radius 1 is 1.62 bits per heavy atom. The minimum atomic E-state index is 0.155. The molecule has 0 aromatic rings. The van der Waals surface area contributed by atoms with Gasteiger partial charge in [-0.1, -0.05) is 0 Å². The second-order valence-electron chi connectivity index (χ2n) is 4.83. The molecule has 1 fully saturated rings. The first kappa shape index (κ1) is 13.5. The molecule has 1 saturated heterocycles. The Bertz CT molecular complexity index is 233. The molecule has 1 aliphatic rings. The quantitative estimate of drug-likeness (QED) is 0.776. The summed E-state index contributed by atoms with van der Waals surface area (Å²) in [6, 6.07) is 0.608. The molecule has 94 valence electrons. The lowest BCUT2D eigenvalue weighted by Gasteiger charge is -2.32. The lowest BCUT2D eigenvalue weighted by Crippen LogP contribution is -2.46. The van der Waals surface area contributed by atoms with Crippen molar-refractivity contribution in [1.82, 2.24) is 10.2 Å². The Kier molecular flexibility index (Phi) is 5.22. The predicted molar refractivity (Wildman–Crippen MR) is 64.3 cm³/mol. The highest BCUT2D eigenvalue weighted by atomic mass is 16.5. The van der Waals surface area contributed by atoms with E-state index < -0.39 is 0 Å². The van der Waals surface area contributed by atoms with E-state index in [1.807, 2.05) is 18.9 Å². The molecular formula is C12H24N2O2. The van der Waals surface area contributed by atoms with Crippen LogP contribution in [-0.2, 0) is 9.53 Å². The number of hydrogen-bond donors (Lipinski definition) is 1. The number of amides is 1. The summed E-state index contributed by atoms with van der Waals surface area (Å²) in [5, 5.41) is 3.36. The molecule has 0 spiro atoms. The van der Waals surface area contributed by atoms with Crippen LogP contribution in [0.3, 0.4) is 0 Å². The third kappa shape index (κ3) is 3.46. The van der Waals surface area contributed by atoms with E-state index >= 15 is 0 Å². The molecule has 1 rings (SSSR count). The molecule has 0 aromatic heterocycles. The minimum absolute atomic E-state index is 0.155. The molecule has 16 heavy (non-hydrogen) atoms. The molecule has 0 aliphatic carbocycles. The zero-order valence-corrected chi connectivity index (χ0v) is 10.8. The highest BCUT2D eigenvalue weighted by Crippen LogP contribution is 2.19. The smallest absolute Gasteiger partial charge is 0.225 e. The average Bonchev–Trinajstić information content (AvgIpc) is 2.27. The van der Waals surface area contributed by atoms with Gasteiger partial charge in [-0.3, -0.25) is 4.79 Å². The molecule has 0 aromatic carbocycles. The van der Waals surface area contributed by atoms with E-state index in [2.05, 4.69) is 12.2 Å². The monoisotopic (exact) mass is 228 g/mol. The number of nitrogens with zero attached hydrogens (tertiary/aromatic N) is 1. The highest BCUT2D eigenvalue weighted by molar-refractivity contribution is 5.79. The molecule has 3 atom stereocenters. The van der Waals surface area contributed by atoms with Gasteiger partial charge in [-0.2, -0.15) is 0 Å². The van der Waals surface area contributed by atoms with Crippen LogP contribution in [0, 0.1) is 5.92 Å². The number of carbonyl (C=O) groups is 1. The maximum Gasteiger partial charge on any atom is 0.225 e. The summed E-state index contributed by atoms with van der Waals surface area (Å²) in [7, 11) is 3.54. The molecule has 1 N–H and O–H groups in total. The number of piperidine rings is 1. The maximum absolute atomic E-state index is 12.2. The molecule has 4 nitrogen and oxygen atoms in total. The molecule has 1 heterocycles. The van der Waals surface area contributed by atoms with Crippen molar-refractivity contribution in [2.75, 3.05) is 27.3 Å². The first-order chi connectivity index (χ1) is 7.56. The zero-order valence-electron chi connectivity index (χ0n) is 10.8. The first-order valence-electron chi connectivity index (χ1n) is 6.05. The number of likely N-dealkylation sites (N-methyl/N-ethyl adjacent to an activating group) is 1. The maximum atomic E-state index is 12.2. The van der Waals surface area contributed by atoms with Gasteiger partial charge in [0.05, 0.1) is 12.6 Å². The fraction of sp³-hybridized carbons (Fsp3) is 0.917. The largest absolute Gasteiger partial charge is 0.383 e. The van der Waals surface area contributed by atoms with Crippen molar-refractivity contribution in [3.05, 3.63) is 0 Å². The Labute approximate surface area is 98.3 Å². The molecular weight excluding hydrogens is 204 g/mol. The van der Waals surface area contributed by atoms with Crippen LogP contribution in [-0.4, -0.2) is 50.2 Å². The summed E-state index contributed by atoms with van der Waals surface area (Å²) in [6.45, 7) is 5.71. The van der Waals surface area contributed by atoms with Crippen LogP contribution >= 0.6 is 0 Å². The van der Waals surface area contributed by atoms with Crippen LogP contribution < -0.4 is 5.32 Å². The molecule has 1 amide bonds. The van der Waals surface area contributed by atoms with Gasteiger partial charge in [0.2, 0.25) is 5.91 Å². The number of ether oxygens (including phenoxy) is 1. The lowest BCUT2D eigenvalue weighted by atomic mass is 9.92. The number of rotatable bonds is 4. The summed E-state index contributed by atoms with van der Waals surface area (Å²) in [4.78, 5) is 14.0. The van der Waals surface area contributed by atoms with Gasteiger partial charge >= 0.3 is 0 Å². The zero-order chi connectivity index (χ0) is 12.1. The third-order valence-corrected chi connectivity index (χ3v) is 3.39. The van der Waals surface area contributed by atoms with Crippen LogP contribution in [0.25, 0.3) is 0 Å². The van der Waals surface area contributed by atoms with Gasteiger partial charge in [0, 0.05) is 26.1 Å².